The zero-order valence-corrected chi connectivity index (χ0v) is 74.6. The van der Waals surface area contributed by atoms with E-state index >= 15 is 0 Å². The highest BCUT2D eigenvalue weighted by molar-refractivity contribution is 7.99. The van der Waals surface area contributed by atoms with Crippen LogP contribution in [0.25, 0.3) is 0 Å². The maximum absolute atomic E-state index is 6.60. The Morgan fingerprint density at radius 3 is 0.830 bits per heavy atom. The Bertz CT molecular complexity index is 4310. The molecule has 3 aliphatic carbocycles. The summed E-state index contributed by atoms with van der Waals surface area (Å²) in [4.78, 5) is 20.5. The van der Waals surface area contributed by atoms with Gasteiger partial charge in [-0.2, -0.15) is 11.8 Å². The second-order valence-electron chi connectivity index (χ2n) is 32.7. The van der Waals surface area contributed by atoms with E-state index in [2.05, 4.69) is 127 Å². The fourth-order valence-electron chi connectivity index (χ4n) is 19.0. The summed E-state index contributed by atoms with van der Waals surface area (Å²) in [7, 11) is 0. The van der Waals surface area contributed by atoms with Crippen LogP contribution in [0.1, 0.15) is 158 Å². The quantitative estimate of drug-likeness (QED) is 0.119. The maximum Gasteiger partial charge on any atom is 0.0670 e. The van der Waals surface area contributed by atoms with Gasteiger partial charge in [-0.05, 0) is 249 Å². The van der Waals surface area contributed by atoms with Gasteiger partial charge in [0.2, 0.25) is 0 Å². The molecule has 21 heteroatoms. The van der Waals surface area contributed by atoms with E-state index in [-0.39, 0.29) is 24.2 Å². The minimum absolute atomic E-state index is 0.243. The van der Waals surface area contributed by atoms with Crippen molar-refractivity contribution < 1.29 is 0 Å². The number of thioether (sulfide) groups is 1. The molecule has 8 fully saturated rings. The zero-order chi connectivity index (χ0) is 78.7. The number of halogens is 12. The predicted molar refractivity (Wildman–Crippen MR) is 487 cm³/mol. The fourth-order valence-corrected chi connectivity index (χ4v) is 22.7. The van der Waals surface area contributed by atoms with Crippen LogP contribution in [0.4, 0.5) is 22.7 Å². The van der Waals surface area contributed by atoms with Crippen molar-refractivity contribution >= 4 is 174 Å². The number of anilines is 4. The van der Waals surface area contributed by atoms with Gasteiger partial charge in [-0.3, -0.25) is 19.6 Å². The molecule has 8 atom stereocenters. The molecule has 8 unspecified atom stereocenters. The molecule has 0 N–H and O–H groups in total. The minimum Gasteiger partial charge on any atom is -0.361 e. The summed E-state index contributed by atoms with van der Waals surface area (Å²) in [5.74, 6) is 5.87. The van der Waals surface area contributed by atoms with Gasteiger partial charge >= 0.3 is 0 Å². The van der Waals surface area contributed by atoms with Crippen LogP contribution < -0.4 is 19.6 Å². The number of benzene rings is 8. The van der Waals surface area contributed by atoms with Gasteiger partial charge in [0.15, 0.2) is 0 Å². The smallest absolute Gasteiger partial charge is 0.0670 e. The monoisotopic (exact) mass is 1760 g/mol. The third-order valence-corrected chi connectivity index (χ3v) is 29.1. The topological polar surface area (TPSA) is 25.9 Å². The summed E-state index contributed by atoms with van der Waals surface area (Å²) in [6, 6.07) is 60.1. The molecule has 8 nitrogen and oxygen atoms in total. The van der Waals surface area contributed by atoms with E-state index in [4.69, 9.17) is 139 Å². The molecule has 600 valence electrons. The molecule has 0 bridgehead atoms. The van der Waals surface area contributed by atoms with Gasteiger partial charge in [-0.1, -0.05) is 228 Å². The SMILES string of the molecule is CC1CC(C)CC(N2CCN(c3ccc(Cl)cc3Cl)C(c3ccc(Cl)cc3)C2)C1.CC1CCC(N2CCN(c3ccc(Cl)cc3Cl)C(c3ccc(Cl)cc3)C2)CC1.CC1CCCC(N2CCN(c3ccc(Cl)cc3Cl)C(c3ccc(Cl)cc3)C2)C1.Clc1ccc(C2CN(C3CCSCC3)CCN2c2ccc(Cl)cc2Cl)cc1. The van der Waals surface area contributed by atoms with Crippen LogP contribution in [-0.4, -0.2) is 134 Å². The van der Waals surface area contributed by atoms with E-state index < -0.39 is 0 Å². The first-order valence-electron chi connectivity index (χ1n) is 40.5. The van der Waals surface area contributed by atoms with Gasteiger partial charge in [-0.25, -0.2) is 0 Å². The van der Waals surface area contributed by atoms with E-state index in [0.717, 1.165) is 145 Å². The van der Waals surface area contributed by atoms with Gasteiger partial charge in [0.1, 0.15) is 0 Å². The molecule has 112 heavy (non-hydrogen) atoms. The van der Waals surface area contributed by atoms with Gasteiger partial charge in [0.25, 0.3) is 0 Å². The highest BCUT2D eigenvalue weighted by atomic mass is 35.5. The van der Waals surface area contributed by atoms with E-state index in [9.17, 15) is 0 Å². The molecule has 0 radical (unpaired) electrons. The first-order valence-corrected chi connectivity index (χ1v) is 46.2. The molecule has 0 spiro atoms. The van der Waals surface area contributed by atoms with Gasteiger partial charge in [-0.15, -0.1) is 0 Å². The third kappa shape index (κ3) is 22.8. The second kappa shape index (κ2) is 41.1. The summed E-state index contributed by atoms with van der Waals surface area (Å²) in [5.41, 5.74) is 9.35. The molecule has 5 aliphatic heterocycles. The van der Waals surface area contributed by atoms with Crippen molar-refractivity contribution in [1.82, 2.24) is 19.6 Å². The van der Waals surface area contributed by atoms with E-state index in [0.29, 0.717) is 64.3 Å². The van der Waals surface area contributed by atoms with Gasteiger partial charge < -0.3 is 19.6 Å². The summed E-state index contributed by atoms with van der Waals surface area (Å²) in [6.45, 7) is 21.7. The fraction of sp³-hybridized carbons (Fsp3) is 0.473. The lowest BCUT2D eigenvalue weighted by Crippen LogP contribution is -2.53. The van der Waals surface area contributed by atoms with E-state index in [1.165, 1.54) is 117 Å². The van der Waals surface area contributed by atoms with Crippen molar-refractivity contribution in [3.8, 4) is 0 Å². The van der Waals surface area contributed by atoms with Crippen LogP contribution in [0, 0.1) is 23.7 Å². The van der Waals surface area contributed by atoms with Gasteiger partial charge in [0, 0.05) is 143 Å². The van der Waals surface area contributed by atoms with Crippen molar-refractivity contribution in [3.05, 3.63) is 252 Å². The van der Waals surface area contributed by atoms with Crippen molar-refractivity contribution in [2.24, 2.45) is 23.7 Å². The average molecular weight is 1770 g/mol. The zero-order valence-electron chi connectivity index (χ0n) is 64.7. The Hall–Kier alpha value is -3.37. The van der Waals surface area contributed by atoms with Crippen LogP contribution in [0.2, 0.25) is 60.3 Å². The highest BCUT2D eigenvalue weighted by Crippen LogP contribution is 2.45. The van der Waals surface area contributed by atoms with Gasteiger partial charge in [0.05, 0.1) is 67.0 Å². The Balaban J connectivity index is 0.000000131. The molecule has 0 amide bonds. The van der Waals surface area contributed by atoms with E-state index in [1.807, 2.05) is 121 Å². The van der Waals surface area contributed by atoms with Crippen molar-refractivity contribution in [1.29, 1.82) is 0 Å². The lowest BCUT2D eigenvalue weighted by atomic mass is 9.79. The average Bonchev–Trinajstić information content (AvgIpc) is 0.830. The molecule has 8 aliphatic rings. The van der Waals surface area contributed by atoms with Crippen molar-refractivity contribution in [3.63, 3.8) is 0 Å². The first-order chi connectivity index (χ1) is 54.0. The Morgan fingerprint density at radius 1 is 0.250 bits per heavy atom. The minimum atomic E-state index is 0.243. The number of nitrogens with zero attached hydrogens (tertiary/aromatic N) is 8. The Morgan fingerprint density at radius 2 is 0.527 bits per heavy atom. The molecule has 16 rings (SSSR count). The van der Waals surface area contributed by atoms with Crippen LogP contribution in [0.5, 0.6) is 0 Å². The molecule has 0 aromatic heterocycles. The maximum atomic E-state index is 6.60. The number of hydrogen-bond acceptors (Lipinski definition) is 9. The summed E-state index contributed by atoms with van der Waals surface area (Å²) >= 11 is 77.6. The van der Waals surface area contributed by atoms with Crippen molar-refractivity contribution in [2.75, 3.05) is 110 Å². The lowest BCUT2D eigenvalue weighted by molar-refractivity contribution is 0.0906. The number of piperazine rings is 4. The molecular formula is C91H106Cl12N8S. The van der Waals surface area contributed by atoms with Crippen LogP contribution >= 0.6 is 151 Å². The molecule has 3 saturated carbocycles. The molecular weight excluding hydrogens is 1660 g/mol. The van der Waals surface area contributed by atoms with Crippen LogP contribution in [0.3, 0.4) is 0 Å². The first kappa shape index (κ1) is 86.5. The number of rotatable bonds is 12. The highest BCUT2D eigenvalue weighted by Gasteiger charge is 2.40. The summed E-state index contributed by atoms with van der Waals surface area (Å²) < 4.78 is 0. The molecule has 5 heterocycles. The summed E-state index contributed by atoms with van der Waals surface area (Å²) in [5, 5.41) is 8.63. The van der Waals surface area contributed by atoms with Crippen LogP contribution in [-0.2, 0) is 0 Å². The largest absolute Gasteiger partial charge is 0.361 e. The lowest BCUT2D eigenvalue weighted by Gasteiger charge is -2.48. The third-order valence-electron chi connectivity index (χ3n) is 24.8. The molecule has 8 aromatic rings. The van der Waals surface area contributed by atoms with Crippen LogP contribution in [0.15, 0.2) is 170 Å². The van der Waals surface area contributed by atoms with E-state index in [1.54, 1.807) is 0 Å². The molecule has 8 aromatic carbocycles. The normalized spacial score (nSPS) is 25.9. The number of hydrogen-bond donors (Lipinski definition) is 0. The summed E-state index contributed by atoms with van der Waals surface area (Å²) in [6.07, 6.45) is 17.2. The second-order valence-corrected chi connectivity index (χ2v) is 39.0. The predicted octanol–water partition coefficient (Wildman–Crippen LogP) is 27.9. The Labute approximate surface area is 731 Å². The van der Waals surface area contributed by atoms with Crippen molar-refractivity contribution in [2.45, 2.75) is 160 Å². The standard InChI is InChI=1S/C24H29Cl3N2.2C23H27Cl3N2.C21H23Cl3N2S/c1-16-11-17(2)13-21(12-16)28-9-10-29(23-8-7-20(26)14-22(23)27)24(15-28)18-3-5-19(25)6-4-18;1-16-2-9-20(10-3-16)27-12-13-28(22-11-8-19(25)14-21(22)26)23(15-27)17-4-6-18(24)7-5-17;1-16-3-2-4-20(13-16)27-11-12-28(22-10-9-19(25)14-21(22)26)23(15-27)17-5-7-18(24)8-6-17;22-16-3-1-15(2-4-16)21-14-25(18-7-11-27-12-8-18)9-10-26(21)20-6-5-17(23)13-19(20)24/h3-8,14,16-17,21,24H,9-13,15H2,1-2H3;4-8,11,14,16,20,23H,2-3,9-10,12-13,15H2,1H3;5-10,14,16,20,23H,2-4,11-13,15H2,1H3;1-6,13,18,21H,7-12,14H2. The Kier molecular flexibility index (Phi) is 31.7. The molecule has 5 saturated heterocycles.